The Morgan fingerprint density at radius 3 is 1.43 bits per heavy atom. The van der Waals surface area contributed by atoms with E-state index >= 15 is 0 Å². The molecule has 6 heteroatoms. The van der Waals surface area contributed by atoms with Gasteiger partial charge in [-0.1, -0.05) is 115 Å². The van der Waals surface area contributed by atoms with E-state index in [-0.39, 0.29) is 0 Å². The van der Waals surface area contributed by atoms with Crippen LogP contribution in [0.15, 0.2) is 191 Å². The maximum absolute atomic E-state index is 6.65. The first-order valence-corrected chi connectivity index (χ1v) is 19.5. The van der Waals surface area contributed by atoms with Gasteiger partial charge in [0.2, 0.25) is 5.95 Å². The molecule has 0 saturated carbocycles. The molecule has 13 rings (SSSR count). The first-order chi connectivity index (χ1) is 28.7. The van der Waals surface area contributed by atoms with Gasteiger partial charge in [-0.15, -0.1) is 0 Å². The molecule has 5 aromatic heterocycles. The fourth-order valence-corrected chi connectivity index (χ4v) is 9.13. The third kappa shape index (κ3) is 4.42. The molecule has 0 N–H and O–H groups in total. The maximum Gasteiger partial charge on any atom is 0.236 e. The number of hydrogen-bond acceptors (Lipinski definition) is 4. The molecule has 5 heterocycles. The van der Waals surface area contributed by atoms with E-state index in [1.807, 2.05) is 18.2 Å². The average molecular weight is 743 g/mol. The Morgan fingerprint density at radius 1 is 0.345 bits per heavy atom. The van der Waals surface area contributed by atoms with Crippen LogP contribution in [-0.2, 0) is 0 Å². The van der Waals surface area contributed by atoms with Crippen molar-refractivity contribution in [1.29, 1.82) is 0 Å². The van der Waals surface area contributed by atoms with Gasteiger partial charge in [-0.25, -0.2) is 9.97 Å². The van der Waals surface area contributed by atoms with E-state index in [0.29, 0.717) is 11.5 Å². The largest absolute Gasteiger partial charge is 0.456 e. The predicted molar refractivity (Wildman–Crippen MR) is 236 cm³/mol. The molecule has 6 nitrogen and oxygen atoms in total. The first-order valence-electron chi connectivity index (χ1n) is 19.5. The van der Waals surface area contributed by atoms with Crippen LogP contribution in [-0.4, -0.2) is 19.1 Å². The molecule has 0 atom stereocenters. The van der Waals surface area contributed by atoms with Crippen molar-refractivity contribution in [3.63, 3.8) is 0 Å². The van der Waals surface area contributed by atoms with E-state index in [9.17, 15) is 0 Å². The van der Waals surface area contributed by atoms with E-state index in [0.717, 1.165) is 88.3 Å². The zero-order chi connectivity index (χ0) is 37.9. The Labute approximate surface area is 330 Å². The molecule has 270 valence electrons. The van der Waals surface area contributed by atoms with Crippen molar-refractivity contribution in [3.8, 4) is 34.0 Å². The van der Waals surface area contributed by atoms with E-state index in [1.165, 1.54) is 21.8 Å². The summed E-state index contributed by atoms with van der Waals surface area (Å²) in [6.07, 6.45) is 0. The number of benzene rings is 8. The minimum atomic E-state index is 0.599. The monoisotopic (exact) mass is 742 g/mol. The Bertz CT molecular complexity index is 3700. The zero-order valence-corrected chi connectivity index (χ0v) is 30.9. The molecule has 0 unspecified atom stereocenters. The Morgan fingerprint density at radius 2 is 0.828 bits per heavy atom. The van der Waals surface area contributed by atoms with Gasteiger partial charge >= 0.3 is 0 Å². The summed E-state index contributed by atoms with van der Waals surface area (Å²) in [7, 11) is 0. The minimum Gasteiger partial charge on any atom is -0.456 e. The molecular formula is C52H30N4O2. The van der Waals surface area contributed by atoms with E-state index in [1.54, 1.807) is 0 Å². The van der Waals surface area contributed by atoms with Crippen molar-refractivity contribution in [3.05, 3.63) is 182 Å². The predicted octanol–water partition coefficient (Wildman–Crippen LogP) is 13.8. The van der Waals surface area contributed by atoms with Crippen LogP contribution in [0.1, 0.15) is 0 Å². The zero-order valence-electron chi connectivity index (χ0n) is 30.9. The quantitative estimate of drug-likeness (QED) is 0.180. The lowest BCUT2D eigenvalue weighted by Crippen LogP contribution is -2.02. The van der Waals surface area contributed by atoms with Gasteiger partial charge in [0.05, 0.1) is 22.1 Å². The molecule has 0 amide bonds. The smallest absolute Gasteiger partial charge is 0.236 e. The summed E-state index contributed by atoms with van der Waals surface area (Å²) >= 11 is 0. The SMILES string of the molecule is c1ccc(-c2nc(-n3c4ccccc4c4ccccc43)nc3c2oc2ccc(-c4ccc5oc6ccc(-n7c8ccccc8c8ccccc87)cc6c5c4)cc23)cc1. The number of furan rings is 2. The molecule has 0 aliphatic heterocycles. The third-order valence-electron chi connectivity index (χ3n) is 11.8. The fraction of sp³-hybridized carbons (Fsp3) is 0. The highest BCUT2D eigenvalue weighted by Gasteiger charge is 2.22. The van der Waals surface area contributed by atoms with Gasteiger partial charge in [-0.05, 0) is 77.9 Å². The summed E-state index contributed by atoms with van der Waals surface area (Å²) < 4.78 is 17.6. The van der Waals surface area contributed by atoms with Crippen molar-refractivity contribution in [2.24, 2.45) is 0 Å². The number of aromatic nitrogens is 4. The van der Waals surface area contributed by atoms with Crippen molar-refractivity contribution < 1.29 is 8.83 Å². The van der Waals surface area contributed by atoms with E-state index < -0.39 is 0 Å². The summed E-state index contributed by atoms with van der Waals surface area (Å²) in [6.45, 7) is 0. The van der Waals surface area contributed by atoms with Gasteiger partial charge in [-0.2, -0.15) is 0 Å². The number of fused-ring (bicyclic) bond motifs is 12. The summed E-state index contributed by atoms with van der Waals surface area (Å²) in [5.41, 5.74) is 13.3. The van der Waals surface area contributed by atoms with Gasteiger partial charge in [-0.3, -0.25) is 4.57 Å². The first kappa shape index (κ1) is 31.3. The summed E-state index contributed by atoms with van der Waals surface area (Å²) in [5.74, 6) is 0.599. The highest BCUT2D eigenvalue weighted by atomic mass is 16.3. The van der Waals surface area contributed by atoms with Crippen LogP contribution in [0.3, 0.4) is 0 Å². The second-order valence-corrected chi connectivity index (χ2v) is 15.0. The number of rotatable bonds is 4. The second-order valence-electron chi connectivity index (χ2n) is 15.0. The normalized spacial score (nSPS) is 12.1. The summed E-state index contributed by atoms with van der Waals surface area (Å²) in [6, 6.07) is 63.7. The van der Waals surface area contributed by atoms with E-state index in [4.69, 9.17) is 18.8 Å². The van der Waals surface area contributed by atoms with Crippen LogP contribution in [0, 0.1) is 0 Å². The van der Waals surface area contributed by atoms with Gasteiger partial charge < -0.3 is 13.4 Å². The molecule has 0 bridgehead atoms. The summed E-state index contributed by atoms with van der Waals surface area (Å²) in [5, 5.41) is 7.86. The lowest BCUT2D eigenvalue weighted by Gasteiger charge is -2.09. The van der Waals surface area contributed by atoms with Gasteiger partial charge in [0, 0.05) is 49.0 Å². The lowest BCUT2D eigenvalue weighted by atomic mass is 10.0. The Hall–Kier alpha value is -7.96. The molecule has 0 aliphatic carbocycles. The van der Waals surface area contributed by atoms with Crippen LogP contribution >= 0.6 is 0 Å². The van der Waals surface area contributed by atoms with Crippen LogP contribution in [0.2, 0.25) is 0 Å². The Kier molecular flexibility index (Phi) is 6.35. The number of hydrogen-bond donors (Lipinski definition) is 0. The van der Waals surface area contributed by atoms with Crippen molar-refractivity contribution in [2.75, 3.05) is 0 Å². The lowest BCUT2D eigenvalue weighted by molar-refractivity contribution is 0.666. The molecule has 0 spiro atoms. The second kappa shape index (κ2) is 11.8. The van der Waals surface area contributed by atoms with E-state index in [2.05, 4.69) is 173 Å². The van der Waals surface area contributed by atoms with Crippen molar-refractivity contribution in [2.45, 2.75) is 0 Å². The van der Waals surface area contributed by atoms with Gasteiger partial charge in [0.15, 0.2) is 5.58 Å². The molecule has 8 aromatic carbocycles. The Balaban J connectivity index is 1.01. The fourth-order valence-electron chi connectivity index (χ4n) is 9.13. The molecule has 0 saturated heterocycles. The minimum absolute atomic E-state index is 0.599. The number of nitrogens with zero attached hydrogens (tertiary/aromatic N) is 4. The van der Waals surface area contributed by atoms with Crippen LogP contribution < -0.4 is 0 Å². The standard InChI is InChI=1S/C52H30N4O2/c1-2-12-31(13-3-1)49-51-50(54-52(53-49)56-44-20-10-6-16-37(44)38-17-7-11-21-45(38)56)41-29-33(23-26-48(41)58-51)32-22-25-46-39(28-32)40-30-34(24-27-47(40)57-46)55-42-18-8-4-14-35(42)36-15-5-9-19-43(36)55/h1-30H. The van der Waals surface area contributed by atoms with Crippen LogP contribution in [0.25, 0.3) is 122 Å². The molecule has 0 aliphatic rings. The van der Waals surface area contributed by atoms with Crippen molar-refractivity contribution in [1.82, 2.24) is 19.1 Å². The van der Waals surface area contributed by atoms with Crippen molar-refractivity contribution >= 4 is 87.6 Å². The average Bonchev–Trinajstić information content (AvgIpc) is 4.03. The molecule has 0 radical (unpaired) electrons. The van der Waals surface area contributed by atoms with Crippen LogP contribution in [0.4, 0.5) is 0 Å². The maximum atomic E-state index is 6.65. The topological polar surface area (TPSA) is 61.9 Å². The number of para-hydroxylation sites is 4. The van der Waals surface area contributed by atoms with Crippen LogP contribution in [0.5, 0.6) is 0 Å². The third-order valence-corrected chi connectivity index (χ3v) is 11.8. The van der Waals surface area contributed by atoms with Gasteiger partial charge in [0.25, 0.3) is 0 Å². The highest BCUT2D eigenvalue weighted by Crippen LogP contribution is 2.40. The molecular weight excluding hydrogens is 713 g/mol. The molecule has 0 fully saturated rings. The summed E-state index contributed by atoms with van der Waals surface area (Å²) in [4.78, 5) is 10.6. The molecule has 13 aromatic rings. The highest BCUT2D eigenvalue weighted by molar-refractivity contribution is 6.13. The molecule has 58 heavy (non-hydrogen) atoms. The van der Waals surface area contributed by atoms with Gasteiger partial charge in [0.1, 0.15) is 28.0 Å².